The second-order valence-corrected chi connectivity index (χ2v) is 14.4. The van der Waals surface area contributed by atoms with Gasteiger partial charge >= 0.3 is 6.01 Å². The zero-order valence-corrected chi connectivity index (χ0v) is 27.2. The molecule has 4 aromatic rings. The molecule has 0 amide bonds. The van der Waals surface area contributed by atoms with E-state index in [-0.39, 0.29) is 89.3 Å². The number of nitrogens with one attached hydrogen (secondary N) is 1. The minimum atomic E-state index is -1.60. The van der Waals surface area contributed by atoms with Crippen molar-refractivity contribution in [1.82, 2.24) is 25.2 Å². The second kappa shape index (κ2) is 11.1. The van der Waals surface area contributed by atoms with E-state index in [1.165, 1.54) is 18.2 Å². The number of phenols is 1. The smallest absolute Gasteiger partial charge is 0.319 e. The summed E-state index contributed by atoms with van der Waals surface area (Å²) in [5, 5.41) is 15.8. The van der Waals surface area contributed by atoms with Crippen LogP contribution in [-0.4, -0.2) is 82.0 Å². The Morgan fingerprint density at radius 3 is 2.67 bits per heavy atom. The predicted molar refractivity (Wildman–Crippen MR) is 175 cm³/mol. The Morgan fingerprint density at radius 2 is 1.92 bits per heavy atom. The molecule has 9 nitrogen and oxygen atoms in total. The summed E-state index contributed by atoms with van der Waals surface area (Å²) < 4.78 is 71.1. The lowest BCUT2D eigenvalue weighted by Gasteiger charge is -2.42. The maximum Gasteiger partial charge on any atom is 0.319 e. The first-order valence-corrected chi connectivity index (χ1v) is 17.0. The summed E-state index contributed by atoms with van der Waals surface area (Å²) >= 11 is 0. The van der Waals surface area contributed by atoms with Crippen molar-refractivity contribution >= 4 is 27.5 Å². The molecule has 3 saturated heterocycles. The Morgan fingerprint density at radius 1 is 1.10 bits per heavy atom. The number of ether oxygens (including phenoxy) is 2. The number of pyridine rings is 1. The summed E-state index contributed by atoms with van der Waals surface area (Å²) in [5.41, 5.74) is 0.414. The molecule has 5 aliphatic rings. The van der Waals surface area contributed by atoms with Crippen molar-refractivity contribution in [2.24, 2.45) is 5.41 Å². The Hall–Kier alpha value is -4.23. The monoisotopic (exact) mass is 676 g/mol. The number of likely N-dealkylation sites (tertiary alicyclic amines) is 1. The Labute approximate surface area is 279 Å². The molecular formula is C36H36F4N6O3. The van der Waals surface area contributed by atoms with Gasteiger partial charge in [0.05, 0.1) is 12.6 Å². The number of phenolic OH excluding ortho intramolecular Hbond substituents is 1. The van der Waals surface area contributed by atoms with E-state index >= 15 is 8.78 Å². The molecule has 9 rings (SSSR count). The van der Waals surface area contributed by atoms with Crippen molar-refractivity contribution in [2.45, 2.75) is 70.2 Å². The third kappa shape index (κ3) is 4.99. The van der Waals surface area contributed by atoms with Crippen LogP contribution in [-0.2, 0) is 6.42 Å². The summed E-state index contributed by atoms with van der Waals surface area (Å²) in [6.07, 6.45) is 2.11. The van der Waals surface area contributed by atoms with E-state index in [2.05, 4.69) is 15.2 Å². The zero-order chi connectivity index (χ0) is 33.8. The summed E-state index contributed by atoms with van der Waals surface area (Å²) in [5.74, 6) is -0.648. The molecule has 2 aromatic heterocycles. The normalized spacial score (nSPS) is 25.2. The van der Waals surface area contributed by atoms with Crippen LogP contribution in [0.2, 0.25) is 0 Å². The molecule has 13 heteroatoms. The zero-order valence-electron chi connectivity index (χ0n) is 27.2. The standard InChI is InChI=1S/C36H36F4N6O3/c1-3-22-24(37)6-4-18-10-21(47)11-23(26(18)22)29-28(38)30-27-33(46-14-20-5-7-25(41-20)31(46)17(2)49-34(27)42-29)44-35(43-30)48-16-36(8-9-36)15-45-12-19(13-45)32(39)40/h4,6,10-11,17,20,25,31,41,47H,3,5,7-9,12-16H2,1-2H3/t17-,20+,25-,31+/m0/s1. The molecular weight excluding hydrogens is 640 g/mol. The number of anilines is 1. The number of benzene rings is 2. The number of piperazine rings is 1. The van der Waals surface area contributed by atoms with Crippen molar-refractivity contribution in [3.63, 3.8) is 0 Å². The number of hydrogen-bond donors (Lipinski definition) is 2. The molecule has 2 bridgehead atoms. The average Bonchev–Trinajstić information content (AvgIpc) is 3.76. The van der Waals surface area contributed by atoms with Gasteiger partial charge in [-0.2, -0.15) is 18.7 Å². The van der Waals surface area contributed by atoms with Gasteiger partial charge in [-0.3, -0.25) is 4.90 Å². The van der Waals surface area contributed by atoms with E-state index in [0.717, 1.165) is 25.7 Å². The number of halogens is 4. The van der Waals surface area contributed by atoms with E-state index in [0.29, 0.717) is 47.1 Å². The lowest BCUT2D eigenvalue weighted by molar-refractivity contribution is 0.137. The minimum Gasteiger partial charge on any atom is -0.508 e. The molecule has 0 unspecified atom stereocenters. The van der Waals surface area contributed by atoms with Crippen LogP contribution < -0.4 is 19.7 Å². The summed E-state index contributed by atoms with van der Waals surface area (Å²) in [4.78, 5) is 18.5. The fraction of sp³-hybridized carbons (Fsp3) is 0.472. The molecule has 4 atom stereocenters. The first-order chi connectivity index (χ1) is 23.6. The van der Waals surface area contributed by atoms with Crippen LogP contribution in [0.15, 0.2) is 35.9 Å². The SMILES string of the molecule is CCc1c(F)ccc2cc(O)cc(-c3nc4c5c(nc(OCC6(CN7CC(=C(F)F)C7)CC6)nc5c3F)N3C[C@H]5CC[C@H](N5)[C@H]3[C@H](C)O4)c12. The summed E-state index contributed by atoms with van der Waals surface area (Å²) in [6, 6.07) is 6.09. The quantitative estimate of drug-likeness (QED) is 0.225. The van der Waals surface area contributed by atoms with Gasteiger partial charge in [-0.25, -0.2) is 13.8 Å². The van der Waals surface area contributed by atoms with Crippen molar-refractivity contribution in [2.75, 3.05) is 37.7 Å². The van der Waals surface area contributed by atoms with Gasteiger partial charge in [0.1, 0.15) is 40.1 Å². The van der Waals surface area contributed by atoms with Gasteiger partial charge in [-0.15, -0.1) is 0 Å². The number of aryl methyl sites for hydroxylation is 1. The lowest BCUT2D eigenvalue weighted by Crippen LogP contribution is -2.62. The topological polar surface area (TPSA) is 95.9 Å². The highest BCUT2D eigenvalue weighted by Crippen LogP contribution is 2.49. The number of nitrogens with zero attached hydrogens (tertiary/aromatic N) is 5. The van der Waals surface area contributed by atoms with Crippen LogP contribution in [0.3, 0.4) is 0 Å². The van der Waals surface area contributed by atoms with Crippen molar-refractivity contribution in [3.05, 3.63) is 53.1 Å². The van der Waals surface area contributed by atoms with Gasteiger partial charge in [0.2, 0.25) is 5.88 Å². The molecule has 1 aliphatic carbocycles. The van der Waals surface area contributed by atoms with Gasteiger partial charge in [0, 0.05) is 54.8 Å². The molecule has 256 valence electrons. The summed E-state index contributed by atoms with van der Waals surface area (Å²) in [6.45, 7) is 5.82. The molecule has 6 heterocycles. The molecule has 1 saturated carbocycles. The maximum atomic E-state index is 17.1. The average molecular weight is 677 g/mol. The fourth-order valence-corrected chi connectivity index (χ4v) is 8.51. The van der Waals surface area contributed by atoms with Gasteiger partial charge in [-0.1, -0.05) is 13.0 Å². The number of fused-ring (bicyclic) bond motifs is 6. The number of aromatic hydroxyl groups is 1. The molecule has 4 fully saturated rings. The van der Waals surface area contributed by atoms with Gasteiger partial charge in [0.15, 0.2) is 5.82 Å². The van der Waals surface area contributed by atoms with Crippen LogP contribution in [0.4, 0.5) is 23.4 Å². The van der Waals surface area contributed by atoms with E-state index < -0.39 is 17.7 Å². The highest BCUT2D eigenvalue weighted by atomic mass is 19.3. The van der Waals surface area contributed by atoms with E-state index in [4.69, 9.17) is 19.4 Å². The first-order valence-electron chi connectivity index (χ1n) is 17.0. The highest BCUT2D eigenvalue weighted by molar-refractivity contribution is 6.03. The van der Waals surface area contributed by atoms with Gasteiger partial charge < -0.3 is 24.8 Å². The Kier molecular flexibility index (Phi) is 7.00. The van der Waals surface area contributed by atoms with E-state index in [1.54, 1.807) is 6.07 Å². The van der Waals surface area contributed by atoms with Crippen molar-refractivity contribution < 1.29 is 32.1 Å². The van der Waals surface area contributed by atoms with Crippen LogP contribution >= 0.6 is 0 Å². The maximum absolute atomic E-state index is 17.1. The molecule has 2 N–H and O–H groups in total. The van der Waals surface area contributed by atoms with Crippen LogP contribution in [0, 0.1) is 17.0 Å². The molecule has 49 heavy (non-hydrogen) atoms. The van der Waals surface area contributed by atoms with Crippen LogP contribution in [0.1, 0.15) is 45.1 Å². The van der Waals surface area contributed by atoms with Crippen molar-refractivity contribution in [3.8, 4) is 28.9 Å². The van der Waals surface area contributed by atoms with Crippen molar-refractivity contribution in [1.29, 1.82) is 0 Å². The predicted octanol–water partition coefficient (Wildman–Crippen LogP) is 6.11. The summed E-state index contributed by atoms with van der Waals surface area (Å²) in [7, 11) is 0. The number of hydrogen-bond acceptors (Lipinski definition) is 9. The number of rotatable bonds is 7. The Balaban J connectivity index is 1.18. The van der Waals surface area contributed by atoms with Crippen LogP contribution in [0.5, 0.6) is 17.6 Å². The van der Waals surface area contributed by atoms with Gasteiger partial charge in [0.25, 0.3) is 6.08 Å². The second-order valence-electron chi connectivity index (χ2n) is 14.4. The largest absolute Gasteiger partial charge is 0.508 e. The molecule has 4 aliphatic heterocycles. The third-order valence-corrected chi connectivity index (χ3v) is 11.1. The Bertz CT molecular complexity index is 2060. The minimum absolute atomic E-state index is 0.00927. The van der Waals surface area contributed by atoms with E-state index in [9.17, 15) is 13.9 Å². The fourth-order valence-electron chi connectivity index (χ4n) is 8.51. The van der Waals surface area contributed by atoms with Gasteiger partial charge in [-0.05, 0) is 73.6 Å². The molecule has 0 radical (unpaired) electrons. The number of aromatic nitrogens is 3. The third-order valence-electron chi connectivity index (χ3n) is 11.1. The lowest BCUT2D eigenvalue weighted by atomic mass is 9.94. The van der Waals surface area contributed by atoms with E-state index in [1.807, 2.05) is 18.7 Å². The van der Waals surface area contributed by atoms with Crippen LogP contribution in [0.25, 0.3) is 32.9 Å². The highest BCUT2D eigenvalue weighted by Gasteiger charge is 2.49. The first kappa shape index (κ1) is 30.8. The molecule has 0 spiro atoms. The molecule has 2 aromatic carbocycles.